The minimum Gasteiger partial charge on any atom is -0.489 e. The van der Waals surface area contributed by atoms with Gasteiger partial charge in [0.05, 0.1) is 10.2 Å². The summed E-state index contributed by atoms with van der Waals surface area (Å²) in [6.45, 7) is 0.248. The van der Waals surface area contributed by atoms with Crippen LogP contribution in [0, 0.1) is 0 Å². The molecule has 0 aliphatic rings. The number of primary amides is 1. The Hall–Kier alpha value is -3.69. The third-order valence-electron chi connectivity index (χ3n) is 4.17. The van der Waals surface area contributed by atoms with Gasteiger partial charge in [-0.05, 0) is 60.2 Å². The molecule has 0 spiro atoms. The fraction of sp³-hybridized carbons (Fsp3) is 0.0476. The van der Waals surface area contributed by atoms with Gasteiger partial charge < -0.3 is 15.8 Å². The lowest BCUT2D eigenvalue weighted by Gasteiger charge is -2.09. The number of fused-ring (bicyclic) bond motifs is 1. The first kappa shape index (κ1) is 20.6. The van der Waals surface area contributed by atoms with Gasteiger partial charge >= 0.3 is 6.03 Å². The molecule has 2 aromatic heterocycles. The number of ether oxygens (including phenoxy) is 1. The maximum atomic E-state index is 12.3. The second-order valence-corrected chi connectivity index (χ2v) is 7.90. The molecule has 31 heavy (non-hydrogen) atoms. The summed E-state index contributed by atoms with van der Waals surface area (Å²) in [5.41, 5.74) is 7.54. The molecule has 0 saturated heterocycles. The first-order valence-electron chi connectivity index (χ1n) is 9.08. The van der Waals surface area contributed by atoms with Crippen molar-refractivity contribution >= 4 is 55.9 Å². The Morgan fingerprint density at radius 3 is 2.65 bits per heavy atom. The lowest BCUT2D eigenvalue weighted by Crippen LogP contribution is -2.19. The highest BCUT2D eigenvalue weighted by Gasteiger charge is 2.09. The number of anilines is 2. The van der Waals surface area contributed by atoms with E-state index in [1.807, 2.05) is 0 Å². The molecule has 0 saturated carbocycles. The maximum absolute atomic E-state index is 12.3. The fourth-order valence-corrected chi connectivity index (χ4v) is 3.85. The van der Waals surface area contributed by atoms with Crippen LogP contribution < -0.4 is 21.1 Å². The molecule has 0 unspecified atom stereocenters. The van der Waals surface area contributed by atoms with Crippen molar-refractivity contribution in [3.63, 3.8) is 0 Å². The van der Waals surface area contributed by atoms with Crippen LogP contribution in [-0.2, 0) is 6.61 Å². The first-order valence-corrected chi connectivity index (χ1v) is 10.3. The Morgan fingerprint density at radius 2 is 1.87 bits per heavy atom. The van der Waals surface area contributed by atoms with Gasteiger partial charge in [-0.3, -0.25) is 15.1 Å². The highest BCUT2D eigenvalue weighted by molar-refractivity contribution is 7.22. The second kappa shape index (κ2) is 8.99. The van der Waals surface area contributed by atoms with Crippen LogP contribution >= 0.6 is 22.9 Å². The van der Waals surface area contributed by atoms with Crippen LogP contribution in [0.5, 0.6) is 5.75 Å². The van der Waals surface area contributed by atoms with E-state index in [2.05, 4.69) is 20.6 Å². The van der Waals surface area contributed by atoms with Crippen molar-refractivity contribution in [1.29, 1.82) is 0 Å². The Labute approximate surface area is 186 Å². The van der Waals surface area contributed by atoms with Gasteiger partial charge in [-0.1, -0.05) is 22.9 Å². The van der Waals surface area contributed by atoms with Gasteiger partial charge in [-0.15, -0.1) is 0 Å². The Kier molecular flexibility index (Phi) is 5.96. The van der Waals surface area contributed by atoms with Gasteiger partial charge in [-0.2, -0.15) is 0 Å². The van der Waals surface area contributed by atoms with Crippen molar-refractivity contribution in [3.8, 4) is 5.75 Å². The van der Waals surface area contributed by atoms with E-state index in [1.165, 1.54) is 17.5 Å². The summed E-state index contributed by atoms with van der Waals surface area (Å²) in [4.78, 5) is 31.7. The number of carbonyl (C=O) groups is 2. The zero-order valence-electron chi connectivity index (χ0n) is 16.0. The summed E-state index contributed by atoms with van der Waals surface area (Å²) in [6.07, 6.45) is 1.50. The number of urea groups is 1. The molecular formula is C21H16ClN5O3S. The normalized spacial score (nSPS) is 10.6. The van der Waals surface area contributed by atoms with Crippen LogP contribution in [0.2, 0.25) is 5.02 Å². The molecule has 0 atom stereocenters. The number of pyridine rings is 1. The molecule has 0 fully saturated rings. The van der Waals surface area contributed by atoms with Crippen LogP contribution in [-0.4, -0.2) is 21.9 Å². The quantitative estimate of drug-likeness (QED) is 0.392. The SMILES string of the molecule is NC(=O)c1cc(COc2ccc(NC(=O)Nc3nc4ccc(Cl)cc4s3)cc2)ccn1. The summed E-state index contributed by atoms with van der Waals surface area (Å²) in [7, 11) is 0. The fourth-order valence-electron chi connectivity index (χ4n) is 2.71. The summed E-state index contributed by atoms with van der Waals surface area (Å²) < 4.78 is 6.59. The van der Waals surface area contributed by atoms with Crippen molar-refractivity contribution in [1.82, 2.24) is 9.97 Å². The molecule has 4 rings (SSSR count). The molecule has 4 N–H and O–H groups in total. The van der Waals surface area contributed by atoms with E-state index in [-0.39, 0.29) is 12.3 Å². The number of nitrogens with zero attached hydrogens (tertiary/aromatic N) is 2. The molecule has 2 heterocycles. The van der Waals surface area contributed by atoms with Gasteiger partial charge in [-0.25, -0.2) is 9.78 Å². The van der Waals surface area contributed by atoms with E-state index in [9.17, 15) is 9.59 Å². The van der Waals surface area contributed by atoms with Gasteiger partial charge in [0.25, 0.3) is 5.91 Å². The minimum atomic E-state index is -0.592. The Bertz CT molecular complexity index is 1260. The zero-order chi connectivity index (χ0) is 21.8. The molecule has 0 aliphatic carbocycles. The van der Waals surface area contributed by atoms with Crippen LogP contribution in [0.4, 0.5) is 15.6 Å². The number of hydrogen-bond acceptors (Lipinski definition) is 6. The highest BCUT2D eigenvalue weighted by Crippen LogP contribution is 2.28. The van der Waals surface area contributed by atoms with E-state index in [1.54, 1.807) is 54.6 Å². The van der Waals surface area contributed by atoms with E-state index < -0.39 is 11.9 Å². The van der Waals surface area contributed by atoms with Crippen molar-refractivity contribution in [2.24, 2.45) is 5.73 Å². The standard InChI is InChI=1S/C21H16ClN5O3S/c22-13-1-6-16-18(10-13)31-21(26-16)27-20(29)25-14-2-4-15(5-3-14)30-11-12-7-8-24-17(9-12)19(23)28/h1-10H,11H2,(H2,23,28)(H2,25,26,27,29). The minimum absolute atomic E-state index is 0.183. The van der Waals surface area contributed by atoms with Gasteiger partial charge in [0.2, 0.25) is 0 Å². The summed E-state index contributed by atoms with van der Waals surface area (Å²) in [5.74, 6) is 0.0108. The summed E-state index contributed by atoms with van der Waals surface area (Å²) in [6, 6.07) is 15.2. The van der Waals surface area contributed by atoms with E-state index in [4.69, 9.17) is 22.1 Å². The maximum Gasteiger partial charge on any atom is 0.325 e. The Morgan fingerprint density at radius 1 is 1.06 bits per heavy atom. The third kappa shape index (κ3) is 5.27. The molecule has 156 valence electrons. The van der Waals surface area contributed by atoms with Crippen molar-refractivity contribution < 1.29 is 14.3 Å². The van der Waals surface area contributed by atoms with Gasteiger partial charge in [0, 0.05) is 16.9 Å². The number of amides is 3. The molecule has 0 bridgehead atoms. The van der Waals surface area contributed by atoms with E-state index >= 15 is 0 Å². The number of hydrogen-bond donors (Lipinski definition) is 3. The predicted octanol–water partition coefficient (Wildman–Crippen LogP) is 4.67. The number of nitrogens with two attached hydrogens (primary N) is 1. The van der Waals surface area contributed by atoms with Gasteiger partial charge in [0.15, 0.2) is 5.13 Å². The number of thiazole rings is 1. The second-order valence-electron chi connectivity index (χ2n) is 6.44. The van der Waals surface area contributed by atoms with Crippen molar-refractivity contribution in [2.75, 3.05) is 10.6 Å². The lowest BCUT2D eigenvalue weighted by atomic mass is 10.2. The average Bonchev–Trinajstić information content (AvgIpc) is 3.14. The largest absolute Gasteiger partial charge is 0.489 e. The summed E-state index contributed by atoms with van der Waals surface area (Å²) in [5, 5.41) is 6.55. The van der Waals surface area contributed by atoms with Crippen molar-refractivity contribution in [3.05, 3.63) is 77.1 Å². The number of benzene rings is 2. The monoisotopic (exact) mass is 453 g/mol. The number of halogens is 1. The topological polar surface area (TPSA) is 119 Å². The van der Waals surface area contributed by atoms with Crippen LogP contribution in [0.25, 0.3) is 10.2 Å². The molecule has 4 aromatic rings. The van der Waals surface area contributed by atoms with Gasteiger partial charge in [0.1, 0.15) is 18.1 Å². The first-order chi connectivity index (χ1) is 15.0. The number of nitrogens with one attached hydrogen (secondary N) is 2. The van der Waals surface area contributed by atoms with E-state index in [0.717, 1.165) is 15.8 Å². The molecular weight excluding hydrogens is 438 g/mol. The van der Waals surface area contributed by atoms with Crippen LogP contribution in [0.15, 0.2) is 60.8 Å². The molecule has 10 heteroatoms. The third-order valence-corrected chi connectivity index (χ3v) is 5.33. The summed E-state index contributed by atoms with van der Waals surface area (Å²) >= 11 is 7.32. The molecule has 0 aliphatic heterocycles. The number of carbonyl (C=O) groups excluding carboxylic acids is 2. The van der Waals surface area contributed by atoms with Crippen molar-refractivity contribution in [2.45, 2.75) is 6.61 Å². The molecule has 8 nitrogen and oxygen atoms in total. The number of aromatic nitrogens is 2. The highest BCUT2D eigenvalue weighted by atomic mass is 35.5. The van der Waals surface area contributed by atoms with E-state index in [0.29, 0.717) is 21.6 Å². The van der Waals surface area contributed by atoms with Crippen LogP contribution in [0.1, 0.15) is 16.1 Å². The Balaban J connectivity index is 1.32. The smallest absolute Gasteiger partial charge is 0.325 e. The lowest BCUT2D eigenvalue weighted by molar-refractivity contribution is 0.0995. The molecule has 3 amide bonds. The molecule has 0 radical (unpaired) electrons. The zero-order valence-corrected chi connectivity index (χ0v) is 17.5. The molecule has 2 aromatic carbocycles. The average molecular weight is 454 g/mol. The van der Waals surface area contributed by atoms with Crippen LogP contribution in [0.3, 0.4) is 0 Å². The predicted molar refractivity (Wildman–Crippen MR) is 121 cm³/mol. The number of rotatable bonds is 6.